The van der Waals surface area contributed by atoms with Crippen molar-refractivity contribution in [1.29, 1.82) is 5.26 Å². The van der Waals surface area contributed by atoms with Gasteiger partial charge in [-0.2, -0.15) is 5.26 Å². The minimum Gasteiger partial charge on any atom is -0.496 e. The molecule has 0 radical (unpaired) electrons. The first-order chi connectivity index (χ1) is 16.8. The third-order valence-corrected chi connectivity index (χ3v) is 6.70. The third-order valence-electron chi connectivity index (χ3n) is 5.68. The number of methoxy groups -OCH3 is 1. The molecule has 0 fully saturated rings. The molecule has 0 aliphatic carbocycles. The van der Waals surface area contributed by atoms with E-state index in [1.54, 1.807) is 31.2 Å². The lowest BCUT2D eigenvalue weighted by Crippen LogP contribution is -2.44. The van der Waals surface area contributed by atoms with E-state index in [2.05, 4.69) is 16.7 Å². The van der Waals surface area contributed by atoms with Gasteiger partial charge in [-0.1, -0.05) is 36.0 Å². The maximum absolute atomic E-state index is 13.1. The molecule has 1 aliphatic heterocycles. The lowest BCUT2D eigenvalue weighted by atomic mass is 9.78. The molecule has 1 heterocycles. The number of nitrogens with zero attached hydrogens (tertiary/aromatic N) is 1. The average molecular weight is 494 g/mol. The first-order valence-electron chi connectivity index (χ1n) is 11.0. The summed E-state index contributed by atoms with van der Waals surface area (Å²) < 4.78 is 10.6. The van der Waals surface area contributed by atoms with Crippen LogP contribution in [0.15, 0.2) is 53.1 Å². The maximum Gasteiger partial charge on any atom is 0.319 e. The lowest BCUT2D eigenvalue weighted by molar-refractivity contribution is -0.152. The van der Waals surface area contributed by atoms with Crippen molar-refractivity contribution >= 4 is 35.2 Å². The van der Waals surface area contributed by atoms with Gasteiger partial charge in [-0.3, -0.25) is 14.4 Å². The van der Waals surface area contributed by atoms with Gasteiger partial charge in [-0.15, -0.1) is 0 Å². The zero-order valence-corrected chi connectivity index (χ0v) is 20.8. The van der Waals surface area contributed by atoms with Crippen molar-refractivity contribution in [3.05, 3.63) is 69.8 Å². The number of aryl methyl sites for hydroxylation is 2. The summed E-state index contributed by atoms with van der Waals surface area (Å²) in [5.41, 5.74) is 3.50. The minimum atomic E-state index is -1.27. The molecule has 2 atom stereocenters. The molecule has 0 saturated carbocycles. The molecule has 2 amide bonds. The molecule has 182 valence electrons. The van der Waals surface area contributed by atoms with Crippen LogP contribution in [0.4, 0.5) is 5.69 Å². The SMILES string of the molecule is CCOC(=O)[C@@H]1C(=O)NC(SCC(=O)Nc2ccc(C)c(C)c2)=C(C#N)[C@H]1c1ccccc1OC. The van der Waals surface area contributed by atoms with Gasteiger partial charge in [0.25, 0.3) is 0 Å². The highest BCUT2D eigenvalue weighted by Crippen LogP contribution is 2.43. The van der Waals surface area contributed by atoms with Crippen molar-refractivity contribution in [3.63, 3.8) is 0 Å². The number of allylic oxidation sites excluding steroid dienone is 1. The Morgan fingerprint density at radius 3 is 2.57 bits per heavy atom. The number of hydrogen-bond acceptors (Lipinski definition) is 7. The van der Waals surface area contributed by atoms with Crippen LogP contribution in [0.2, 0.25) is 0 Å². The summed E-state index contributed by atoms with van der Waals surface area (Å²) in [5.74, 6) is -3.43. The summed E-state index contributed by atoms with van der Waals surface area (Å²) >= 11 is 1.03. The van der Waals surface area contributed by atoms with Crippen molar-refractivity contribution < 1.29 is 23.9 Å². The second-order valence-corrected chi connectivity index (χ2v) is 8.91. The number of anilines is 1. The van der Waals surface area contributed by atoms with E-state index in [0.717, 1.165) is 22.9 Å². The maximum atomic E-state index is 13.1. The standard InChI is InChI=1S/C26H27N3O5S/c1-5-34-26(32)23-22(18-8-6-7-9-20(18)33-4)19(13-27)25(29-24(23)31)35-14-21(30)28-17-11-10-15(2)16(3)12-17/h6-12,22-23H,5,14H2,1-4H3,(H,28,30)(H,29,31)/t22-,23+/m1/s1. The Bertz CT molecular complexity index is 1220. The largest absolute Gasteiger partial charge is 0.496 e. The first-order valence-corrected chi connectivity index (χ1v) is 12.0. The highest BCUT2D eigenvalue weighted by atomic mass is 32.2. The number of carbonyl (C=O) groups is 3. The molecule has 35 heavy (non-hydrogen) atoms. The van der Waals surface area contributed by atoms with E-state index in [9.17, 15) is 19.6 Å². The number of hydrogen-bond donors (Lipinski definition) is 2. The second-order valence-electron chi connectivity index (χ2n) is 7.93. The van der Waals surface area contributed by atoms with E-state index in [0.29, 0.717) is 17.0 Å². The van der Waals surface area contributed by atoms with Gasteiger partial charge in [0.2, 0.25) is 11.8 Å². The molecule has 0 bridgehead atoms. The molecular weight excluding hydrogens is 466 g/mol. The fourth-order valence-corrected chi connectivity index (χ4v) is 4.69. The minimum absolute atomic E-state index is 0.0452. The van der Waals surface area contributed by atoms with Gasteiger partial charge in [-0.25, -0.2) is 0 Å². The van der Waals surface area contributed by atoms with Crippen LogP contribution < -0.4 is 15.4 Å². The number of ether oxygens (including phenoxy) is 2. The zero-order valence-electron chi connectivity index (χ0n) is 20.0. The van der Waals surface area contributed by atoms with Crippen LogP contribution in [0.5, 0.6) is 5.75 Å². The van der Waals surface area contributed by atoms with E-state index in [1.807, 2.05) is 32.0 Å². The number of nitriles is 1. The Morgan fingerprint density at radius 1 is 1.17 bits per heavy atom. The Hall–Kier alpha value is -3.77. The molecule has 2 aromatic carbocycles. The number of para-hydroxylation sites is 1. The van der Waals surface area contributed by atoms with Gasteiger partial charge < -0.3 is 20.1 Å². The average Bonchev–Trinajstić information content (AvgIpc) is 2.84. The van der Waals surface area contributed by atoms with Crippen molar-refractivity contribution in [1.82, 2.24) is 5.32 Å². The Labute approximate surface area is 208 Å². The van der Waals surface area contributed by atoms with Gasteiger partial charge in [0.15, 0.2) is 0 Å². The number of nitrogens with one attached hydrogen (secondary N) is 2. The summed E-state index contributed by atoms with van der Waals surface area (Å²) in [4.78, 5) is 38.4. The lowest BCUT2D eigenvalue weighted by Gasteiger charge is -2.31. The number of esters is 1. The first kappa shape index (κ1) is 25.8. The quantitative estimate of drug-likeness (QED) is 0.424. The summed E-state index contributed by atoms with van der Waals surface area (Å²) in [6, 6.07) is 14.7. The monoisotopic (exact) mass is 493 g/mol. The van der Waals surface area contributed by atoms with E-state index >= 15 is 0 Å². The Kier molecular flexibility index (Phi) is 8.55. The van der Waals surface area contributed by atoms with Crippen molar-refractivity contribution in [3.8, 4) is 11.8 Å². The highest BCUT2D eigenvalue weighted by Gasteiger charge is 2.45. The molecule has 0 spiro atoms. The van der Waals surface area contributed by atoms with Gasteiger partial charge in [0.05, 0.1) is 36.1 Å². The van der Waals surface area contributed by atoms with Gasteiger partial charge in [0, 0.05) is 17.2 Å². The number of amides is 2. The molecule has 2 aromatic rings. The second kappa shape index (κ2) is 11.6. The topological polar surface area (TPSA) is 118 Å². The number of carbonyl (C=O) groups excluding carboxylic acids is 3. The van der Waals surface area contributed by atoms with E-state index in [1.165, 1.54) is 7.11 Å². The zero-order chi connectivity index (χ0) is 25.5. The van der Waals surface area contributed by atoms with Crippen molar-refractivity contribution in [2.45, 2.75) is 26.7 Å². The normalized spacial score (nSPS) is 17.3. The van der Waals surface area contributed by atoms with Crippen LogP contribution in [0.25, 0.3) is 0 Å². The van der Waals surface area contributed by atoms with E-state index in [4.69, 9.17) is 9.47 Å². The molecule has 9 heteroatoms. The molecule has 0 unspecified atom stereocenters. The Balaban J connectivity index is 1.92. The summed E-state index contributed by atoms with van der Waals surface area (Å²) in [6.07, 6.45) is 0. The molecule has 0 saturated heterocycles. The van der Waals surface area contributed by atoms with Crippen LogP contribution in [0, 0.1) is 31.1 Å². The third kappa shape index (κ3) is 5.84. The van der Waals surface area contributed by atoms with E-state index in [-0.39, 0.29) is 28.9 Å². The molecule has 3 rings (SSSR count). The number of thioether (sulfide) groups is 1. The summed E-state index contributed by atoms with van der Waals surface area (Å²) in [7, 11) is 1.48. The van der Waals surface area contributed by atoms with E-state index < -0.39 is 23.7 Å². The Morgan fingerprint density at radius 2 is 1.91 bits per heavy atom. The van der Waals surface area contributed by atoms with Gasteiger partial charge in [0.1, 0.15) is 11.7 Å². The molecule has 2 N–H and O–H groups in total. The van der Waals surface area contributed by atoms with Crippen LogP contribution in [0.3, 0.4) is 0 Å². The van der Waals surface area contributed by atoms with Crippen LogP contribution in [0.1, 0.15) is 29.5 Å². The number of rotatable bonds is 8. The van der Waals surface area contributed by atoms with Crippen molar-refractivity contribution in [2.75, 3.05) is 24.8 Å². The van der Waals surface area contributed by atoms with Crippen LogP contribution in [-0.2, 0) is 19.1 Å². The van der Waals surface area contributed by atoms with Gasteiger partial charge in [-0.05, 0) is 50.1 Å². The summed E-state index contributed by atoms with van der Waals surface area (Å²) in [5, 5.41) is 15.8. The predicted molar refractivity (Wildman–Crippen MR) is 134 cm³/mol. The van der Waals surface area contributed by atoms with Crippen LogP contribution >= 0.6 is 11.8 Å². The highest BCUT2D eigenvalue weighted by molar-refractivity contribution is 8.03. The smallest absolute Gasteiger partial charge is 0.319 e. The molecule has 8 nitrogen and oxygen atoms in total. The van der Waals surface area contributed by atoms with Crippen LogP contribution in [-0.4, -0.2) is 37.3 Å². The molecule has 0 aromatic heterocycles. The fraction of sp³-hybridized carbons (Fsp3) is 0.308. The van der Waals surface area contributed by atoms with Gasteiger partial charge >= 0.3 is 5.97 Å². The predicted octanol–water partition coefficient (Wildman–Crippen LogP) is 3.81. The van der Waals surface area contributed by atoms with Crippen molar-refractivity contribution in [2.24, 2.45) is 5.92 Å². The summed E-state index contributed by atoms with van der Waals surface area (Å²) in [6.45, 7) is 5.68. The number of benzene rings is 2. The molecular formula is C26H27N3O5S. The fourth-order valence-electron chi connectivity index (χ4n) is 3.84. The molecule has 1 aliphatic rings.